The lowest BCUT2D eigenvalue weighted by molar-refractivity contribution is 0.200. The monoisotopic (exact) mass is 378 g/mol. The van der Waals surface area contributed by atoms with E-state index in [2.05, 4.69) is 20.3 Å². The third kappa shape index (κ3) is 3.67. The Balaban J connectivity index is 2.11. The summed E-state index contributed by atoms with van der Waals surface area (Å²) in [5.41, 5.74) is -0.266. The first-order valence-electron chi connectivity index (χ1n) is 7.80. The van der Waals surface area contributed by atoms with Gasteiger partial charge in [0.1, 0.15) is 18.0 Å². The van der Waals surface area contributed by atoms with Crippen molar-refractivity contribution in [1.29, 1.82) is 0 Å². The van der Waals surface area contributed by atoms with Gasteiger partial charge in [0.05, 0.1) is 5.54 Å². The van der Waals surface area contributed by atoms with Gasteiger partial charge in [0.2, 0.25) is 0 Å². The lowest BCUT2D eigenvalue weighted by Gasteiger charge is -2.34. The summed E-state index contributed by atoms with van der Waals surface area (Å²) in [5.74, 6) is -1.46. The number of benzene rings is 1. The quantitative estimate of drug-likeness (QED) is 0.830. The van der Waals surface area contributed by atoms with E-state index in [-0.39, 0.29) is 21.5 Å². The molecule has 2 N–H and O–H groups in total. The molecule has 0 spiro atoms. The second-order valence-corrected chi connectivity index (χ2v) is 7.62. The SMILES string of the molecule is C[C@@H]1C[C@@](C)(c2cc(-c3cncnc3)c(F)cc2F)N=C(NC(=O)O)S1. The molecule has 0 saturated heterocycles. The maximum Gasteiger partial charge on any atom is 0.410 e. The van der Waals surface area contributed by atoms with Crippen molar-refractivity contribution in [2.75, 3.05) is 0 Å². The number of nitrogens with one attached hydrogen (secondary N) is 1. The number of carboxylic acid groups (broad SMARTS) is 1. The van der Waals surface area contributed by atoms with E-state index in [0.717, 1.165) is 6.07 Å². The smallest absolute Gasteiger partial charge is 0.410 e. The highest BCUT2D eigenvalue weighted by molar-refractivity contribution is 8.14. The molecule has 3 rings (SSSR count). The largest absolute Gasteiger partial charge is 0.465 e. The van der Waals surface area contributed by atoms with Gasteiger partial charge in [0.15, 0.2) is 5.17 Å². The lowest BCUT2D eigenvalue weighted by Crippen LogP contribution is -2.37. The summed E-state index contributed by atoms with van der Waals surface area (Å²) in [6, 6.07) is 2.21. The van der Waals surface area contributed by atoms with Crippen LogP contribution in [0.3, 0.4) is 0 Å². The van der Waals surface area contributed by atoms with Gasteiger partial charge < -0.3 is 5.11 Å². The fourth-order valence-electron chi connectivity index (χ4n) is 3.03. The molecule has 1 aliphatic rings. The lowest BCUT2D eigenvalue weighted by atomic mass is 9.85. The summed E-state index contributed by atoms with van der Waals surface area (Å²) in [5, 5.41) is 11.3. The van der Waals surface area contributed by atoms with E-state index >= 15 is 0 Å². The molecule has 0 aliphatic carbocycles. The highest BCUT2D eigenvalue weighted by Gasteiger charge is 2.37. The maximum absolute atomic E-state index is 14.6. The zero-order valence-corrected chi connectivity index (χ0v) is 14.8. The van der Waals surface area contributed by atoms with Crippen LogP contribution in [0.5, 0.6) is 0 Å². The van der Waals surface area contributed by atoms with Crippen LogP contribution in [0.2, 0.25) is 0 Å². The van der Waals surface area contributed by atoms with Gasteiger partial charge in [-0.05, 0) is 19.4 Å². The van der Waals surface area contributed by atoms with Crippen LogP contribution in [0.25, 0.3) is 11.1 Å². The standard InChI is InChI=1S/C17H16F2N4O2S/c1-9-5-17(2,23-15(26-9)22-16(24)25)12-3-11(13(18)4-14(12)19)10-6-20-8-21-7-10/h3-4,6-9H,5H2,1-2H3,(H,22,23)(H,24,25)/t9-,17+/m1/s1. The first-order valence-corrected chi connectivity index (χ1v) is 8.68. The number of rotatable bonds is 2. The van der Waals surface area contributed by atoms with Crippen LogP contribution in [0, 0.1) is 11.6 Å². The van der Waals surface area contributed by atoms with Crippen LogP contribution in [-0.2, 0) is 5.54 Å². The number of amidine groups is 1. The van der Waals surface area contributed by atoms with Crippen LogP contribution in [0.1, 0.15) is 25.8 Å². The van der Waals surface area contributed by atoms with Crippen molar-refractivity contribution in [3.63, 3.8) is 0 Å². The molecule has 0 bridgehead atoms. The van der Waals surface area contributed by atoms with E-state index in [0.29, 0.717) is 12.0 Å². The number of hydrogen-bond donors (Lipinski definition) is 2. The Morgan fingerprint density at radius 2 is 2.00 bits per heavy atom. The van der Waals surface area contributed by atoms with Crippen molar-refractivity contribution >= 4 is 23.0 Å². The molecular formula is C17H16F2N4O2S. The fourth-order valence-corrected chi connectivity index (χ4v) is 4.22. The van der Waals surface area contributed by atoms with Gasteiger partial charge in [-0.1, -0.05) is 18.7 Å². The van der Waals surface area contributed by atoms with Crippen molar-refractivity contribution in [2.45, 2.75) is 31.1 Å². The maximum atomic E-state index is 14.6. The average Bonchev–Trinajstić information content (AvgIpc) is 2.53. The molecule has 136 valence electrons. The number of carbonyl (C=O) groups is 1. The highest BCUT2D eigenvalue weighted by Crippen LogP contribution is 2.41. The Morgan fingerprint density at radius 1 is 1.31 bits per heavy atom. The highest BCUT2D eigenvalue weighted by atomic mass is 32.2. The Labute approximate surface area is 152 Å². The minimum absolute atomic E-state index is 0.00712. The first-order chi connectivity index (χ1) is 12.3. The average molecular weight is 378 g/mol. The Bertz CT molecular complexity index is 879. The summed E-state index contributed by atoms with van der Waals surface area (Å²) < 4.78 is 28.9. The predicted octanol–water partition coefficient (Wildman–Crippen LogP) is 3.79. The molecule has 2 heterocycles. The van der Waals surface area contributed by atoms with E-state index in [4.69, 9.17) is 5.11 Å². The zero-order valence-electron chi connectivity index (χ0n) is 14.0. The molecular weight excluding hydrogens is 362 g/mol. The fraction of sp³-hybridized carbons (Fsp3) is 0.294. The topological polar surface area (TPSA) is 87.5 Å². The number of thioether (sulfide) groups is 1. The number of hydrogen-bond acceptors (Lipinski definition) is 5. The van der Waals surface area contributed by atoms with Crippen molar-refractivity contribution in [3.05, 3.63) is 48.1 Å². The van der Waals surface area contributed by atoms with Gasteiger partial charge in [-0.2, -0.15) is 0 Å². The normalized spacial score (nSPS) is 22.6. The van der Waals surface area contributed by atoms with E-state index in [1.807, 2.05) is 6.92 Å². The second-order valence-electron chi connectivity index (χ2n) is 6.19. The van der Waals surface area contributed by atoms with Gasteiger partial charge in [-0.15, -0.1) is 0 Å². The summed E-state index contributed by atoms with van der Waals surface area (Å²) in [6.45, 7) is 3.60. The van der Waals surface area contributed by atoms with Crippen molar-refractivity contribution < 1.29 is 18.7 Å². The molecule has 0 saturated carbocycles. The van der Waals surface area contributed by atoms with E-state index in [9.17, 15) is 13.6 Å². The second kappa shape index (κ2) is 6.99. The first kappa shape index (κ1) is 18.2. The molecule has 1 aromatic carbocycles. The molecule has 9 heteroatoms. The van der Waals surface area contributed by atoms with Gasteiger partial charge in [0, 0.05) is 40.4 Å². The molecule has 0 unspecified atom stereocenters. The Hall–Kier alpha value is -2.55. The summed E-state index contributed by atoms with van der Waals surface area (Å²) in [7, 11) is 0. The third-order valence-corrected chi connectivity index (χ3v) is 5.05. The molecule has 1 amide bonds. The van der Waals surface area contributed by atoms with Crippen LogP contribution >= 0.6 is 11.8 Å². The van der Waals surface area contributed by atoms with Crippen LogP contribution in [0.4, 0.5) is 13.6 Å². The van der Waals surface area contributed by atoms with Crippen LogP contribution in [0.15, 0.2) is 35.8 Å². The van der Waals surface area contributed by atoms with E-state index in [1.54, 1.807) is 6.92 Å². The number of halogens is 2. The molecule has 2 aromatic rings. The predicted molar refractivity (Wildman–Crippen MR) is 95.0 cm³/mol. The minimum atomic E-state index is -1.24. The summed E-state index contributed by atoms with van der Waals surface area (Å²) in [6.07, 6.45) is 3.43. The number of nitrogens with zero attached hydrogens (tertiary/aromatic N) is 3. The molecule has 2 atom stereocenters. The molecule has 26 heavy (non-hydrogen) atoms. The van der Waals surface area contributed by atoms with Crippen LogP contribution < -0.4 is 5.32 Å². The Kier molecular flexibility index (Phi) is 4.90. The van der Waals surface area contributed by atoms with Gasteiger partial charge in [0.25, 0.3) is 0 Å². The van der Waals surface area contributed by atoms with Crippen LogP contribution in [-0.4, -0.2) is 31.6 Å². The zero-order chi connectivity index (χ0) is 18.9. The van der Waals surface area contributed by atoms with Crippen molar-refractivity contribution in [3.8, 4) is 11.1 Å². The molecule has 0 radical (unpaired) electrons. The minimum Gasteiger partial charge on any atom is -0.465 e. The molecule has 0 fully saturated rings. The van der Waals surface area contributed by atoms with Gasteiger partial charge in [-0.3, -0.25) is 10.3 Å². The van der Waals surface area contributed by atoms with E-state index < -0.39 is 23.3 Å². The van der Waals surface area contributed by atoms with E-state index in [1.165, 1.54) is 36.5 Å². The Morgan fingerprint density at radius 3 is 2.65 bits per heavy atom. The van der Waals surface area contributed by atoms with Gasteiger partial charge >= 0.3 is 6.09 Å². The summed E-state index contributed by atoms with van der Waals surface area (Å²) >= 11 is 1.26. The third-order valence-electron chi connectivity index (χ3n) is 4.07. The molecule has 6 nitrogen and oxygen atoms in total. The van der Waals surface area contributed by atoms with Crippen molar-refractivity contribution in [1.82, 2.24) is 15.3 Å². The van der Waals surface area contributed by atoms with Crippen molar-refractivity contribution in [2.24, 2.45) is 4.99 Å². The number of amides is 1. The number of aliphatic imine (C=N–C) groups is 1. The summed E-state index contributed by atoms with van der Waals surface area (Å²) in [4.78, 5) is 23.0. The van der Waals surface area contributed by atoms with Gasteiger partial charge in [-0.25, -0.2) is 23.5 Å². The number of aromatic nitrogens is 2. The molecule has 1 aromatic heterocycles. The molecule has 1 aliphatic heterocycles.